The summed E-state index contributed by atoms with van der Waals surface area (Å²) in [6, 6.07) is 3.74. The van der Waals surface area contributed by atoms with Gasteiger partial charge in [-0.3, -0.25) is 14.4 Å². The molecule has 10 heteroatoms. The van der Waals surface area contributed by atoms with Gasteiger partial charge in [-0.05, 0) is 48.7 Å². The van der Waals surface area contributed by atoms with Crippen LogP contribution >= 0.6 is 22.9 Å². The number of amides is 2. The number of likely N-dealkylation sites (tertiary alicyclic amines) is 1. The molecule has 156 valence electrons. The van der Waals surface area contributed by atoms with Gasteiger partial charge < -0.3 is 15.3 Å². The third kappa shape index (κ3) is 5.83. The topological polar surface area (TPSA) is 112 Å². The lowest BCUT2D eigenvalue weighted by molar-refractivity contribution is -0.137. The first-order valence-electron chi connectivity index (χ1n) is 9.54. The molecule has 0 bridgehead atoms. The maximum absolute atomic E-state index is 12.5. The summed E-state index contributed by atoms with van der Waals surface area (Å²) in [4.78, 5) is 39.3. The number of thiophene rings is 1. The Balaban J connectivity index is 1.43. The average molecular weight is 437 g/mol. The Morgan fingerprint density at radius 1 is 1.31 bits per heavy atom. The highest BCUT2D eigenvalue weighted by atomic mass is 32.1. The van der Waals surface area contributed by atoms with E-state index in [-0.39, 0.29) is 30.6 Å². The number of aromatic nitrogens is 2. The van der Waals surface area contributed by atoms with E-state index in [0.717, 1.165) is 29.3 Å². The predicted octanol–water partition coefficient (Wildman–Crippen LogP) is 2.53. The van der Waals surface area contributed by atoms with Crippen molar-refractivity contribution in [2.75, 3.05) is 19.6 Å². The lowest BCUT2D eigenvalue weighted by atomic mass is 9.95. The highest BCUT2D eigenvalue weighted by Gasteiger charge is 2.27. The molecule has 1 fully saturated rings. The van der Waals surface area contributed by atoms with E-state index in [1.165, 1.54) is 11.3 Å². The first kappa shape index (κ1) is 21.4. The van der Waals surface area contributed by atoms with Crippen molar-refractivity contribution in [1.82, 2.24) is 19.8 Å². The van der Waals surface area contributed by atoms with Crippen LogP contribution in [0, 0.1) is 12.8 Å². The highest BCUT2D eigenvalue weighted by molar-refractivity contribution is 7.10. The summed E-state index contributed by atoms with van der Waals surface area (Å²) in [6.07, 6.45) is 1.75. The number of carboxylic acid groups (broad SMARTS) is 1. The normalized spacial score (nSPS) is 15.8. The van der Waals surface area contributed by atoms with Gasteiger partial charge in [0.25, 0.3) is 5.91 Å². The number of hydrogen-bond donors (Lipinski definition) is 2. The number of aryl methyl sites for hydroxylation is 1. The second kappa shape index (κ2) is 9.93. The Kier molecular flexibility index (Phi) is 7.32. The monoisotopic (exact) mass is 436 g/mol. The molecule has 1 aliphatic rings. The smallest absolute Gasteiger partial charge is 0.304 e. The van der Waals surface area contributed by atoms with E-state index in [1.54, 1.807) is 6.92 Å². The number of carboxylic acids is 1. The summed E-state index contributed by atoms with van der Waals surface area (Å²) >= 11 is 2.60. The summed E-state index contributed by atoms with van der Waals surface area (Å²) in [5, 5.41) is 17.9. The molecule has 2 aromatic rings. The van der Waals surface area contributed by atoms with E-state index in [4.69, 9.17) is 5.11 Å². The van der Waals surface area contributed by atoms with Gasteiger partial charge in [0.05, 0.1) is 12.1 Å². The quantitative estimate of drug-likeness (QED) is 0.658. The van der Waals surface area contributed by atoms with Crippen LogP contribution in [0.2, 0.25) is 0 Å². The van der Waals surface area contributed by atoms with E-state index < -0.39 is 5.97 Å². The lowest BCUT2D eigenvalue weighted by Gasteiger charge is -2.31. The molecule has 2 N–H and O–H groups in total. The van der Waals surface area contributed by atoms with Crippen LogP contribution in [0.5, 0.6) is 0 Å². The van der Waals surface area contributed by atoms with Gasteiger partial charge in [-0.1, -0.05) is 10.6 Å². The van der Waals surface area contributed by atoms with Crippen molar-refractivity contribution in [2.24, 2.45) is 5.92 Å². The summed E-state index contributed by atoms with van der Waals surface area (Å²) in [6.45, 7) is 3.63. The zero-order chi connectivity index (χ0) is 20.8. The molecule has 0 aromatic carbocycles. The lowest BCUT2D eigenvalue weighted by Crippen LogP contribution is -2.41. The number of hydrogen-bond acceptors (Lipinski definition) is 7. The fourth-order valence-corrected chi connectivity index (χ4v) is 4.93. The first-order chi connectivity index (χ1) is 13.9. The molecular formula is C19H24N4O4S2. The molecule has 1 aliphatic heterocycles. The number of carbonyl (C=O) groups is 3. The van der Waals surface area contributed by atoms with E-state index in [2.05, 4.69) is 14.9 Å². The standard InChI is InChI=1S/C19H24N4O4S2/c1-12-18(29-22-21-12)19(27)23-6-4-13(5-7-23)11-20-16(24)9-14(10-17(25)26)15-3-2-8-28-15/h2-3,8,13-14H,4-7,9-11H2,1H3,(H,20,24)(H,25,26)/t14-/m0/s1. The Morgan fingerprint density at radius 2 is 2.07 bits per heavy atom. The molecule has 1 atom stereocenters. The van der Waals surface area contributed by atoms with Gasteiger partial charge in [0.15, 0.2) is 0 Å². The third-order valence-corrected chi connectivity index (χ3v) is 6.98. The molecule has 3 heterocycles. The number of nitrogens with zero attached hydrogens (tertiary/aromatic N) is 3. The fraction of sp³-hybridized carbons (Fsp3) is 0.526. The van der Waals surface area contributed by atoms with Crippen molar-refractivity contribution in [3.8, 4) is 0 Å². The van der Waals surface area contributed by atoms with Crippen LogP contribution < -0.4 is 5.32 Å². The maximum atomic E-state index is 12.5. The minimum Gasteiger partial charge on any atom is -0.481 e. The summed E-state index contributed by atoms with van der Waals surface area (Å²) < 4.78 is 3.82. The molecule has 2 amide bonds. The number of rotatable bonds is 8. The molecule has 0 aliphatic carbocycles. The van der Waals surface area contributed by atoms with Gasteiger partial charge in [-0.25, -0.2) is 0 Å². The third-order valence-electron chi connectivity index (χ3n) is 5.13. The van der Waals surface area contributed by atoms with Gasteiger partial charge in [0.1, 0.15) is 4.88 Å². The van der Waals surface area contributed by atoms with Gasteiger partial charge in [-0.2, -0.15) is 0 Å². The number of aliphatic carboxylic acids is 1. The van der Waals surface area contributed by atoms with Crippen molar-refractivity contribution < 1.29 is 19.5 Å². The van der Waals surface area contributed by atoms with Crippen LogP contribution in [0.25, 0.3) is 0 Å². The van der Waals surface area contributed by atoms with Crippen molar-refractivity contribution >= 4 is 40.7 Å². The largest absolute Gasteiger partial charge is 0.481 e. The molecule has 29 heavy (non-hydrogen) atoms. The van der Waals surface area contributed by atoms with Gasteiger partial charge in [0.2, 0.25) is 5.91 Å². The maximum Gasteiger partial charge on any atom is 0.304 e. The minimum absolute atomic E-state index is 0.0209. The number of piperidine rings is 1. The average Bonchev–Trinajstić information content (AvgIpc) is 3.37. The van der Waals surface area contributed by atoms with Gasteiger partial charge >= 0.3 is 5.97 Å². The van der Waals surface area contributed by atoms with Crippen molar-refractivity contribution in [3.63, 3.8) is 0 Å². The first-order valence-corrected chi connectivity index (χ1v) is 11.2. The van der Waals surface area contributed by atoms with E-state index in [0.29, 0.717) is 36.1 Å². The molecule has 2 aromatic heterocycles. The van der Waals surface area contributed by atoms with Crippen LogP contribution in [-0.4, -0.2) is 57.0 Å². The van der Waals surface area contributed by atoms with Gasteiger partial charge in [0, 0.05) is 36.9 Å². The SMILES string of the molecule is Cc1nnsc1C(=O)N1CCC(CNC(=O)C[C@@H](CC(=O)O)c2cccs2)CC1. The van der Waals surface area contributed by atoms with Crippen LogP contribution in [-0.2, 0) is 9.59 Å². The minimum atomic E-state index is -0.903. The number of carbonyl (C=O) groups excluding carboxylic acids is 2. The zero-order valence-electron chi connectivity index (χ0n) is 16.2. The van der Waals surface area contributed by atoms with Crippen LogP contribution in [0.3, 0.4) is 0 Å². The van der Waals surface area contributed by atoms with Gasteiger partial charge in [-0.15, -0.1) is 16.4 Å². The Hall–Kier alpha value is -2.33. The van der Waals surface area contributed by atoms with E-state index in [1.807, 2.05) is 22.4 Å². The molecule has 3 rings (SSSR count). The highest BCUT2D eigenvalue weighted by Crippen LogP contribution is 2.28. The van der Waals surface area contributed by atoms with Crippen LogP contribution in [0.15, 0.2) is 17.5 Å². The summed E-state index contributed by atoms with van der Waals surface area (Å²) in [5.41, 5.74) is 0.663. The Labute approximate surface area is 177 Å². The molecule has 1 saturated heterocycles. The molecule has 0 spiro atoms. The predicted molar refractivity (Wildman–Crippen MR) is 110 cm³/mol. The molecule has 8 nitrogen and oxygen atoms in total. The molecule has 0 saturated carbocycles. The summed E-state index contributed by atoms with van der Waals surface area (Å²) in [7, 11) is 0. The number of nitrogens with one attached hydrogen (secondary N) is 1. The van der Waals surface area contributed by atoms with Crippen molar-refractivity contribution in [1.29, 1.82) is 0 Å². The van der Waals surface area contributed by atoms with Crippen molar-refractivity contribution in [2.45, 2.75) is 38.5 Å². The second-order valence-corrected chi connectivity index (χ2v) is 8.97. The van der Waals surface area contributed by atoms with Crippen molar-refractivity contribution in [3.05, 3.63) is 33.0 Å². The Morgan fingerprint density at radius 3 is 2.66 bits per heavy atom. The fourth-order valence-electron chi connectivity index (χ4n) is 3.47. The van der Waals surface area contributed by atoms with E-state index >= 15 is 0 Å². The zero-order valence-corrected chi connectivity index (χ0v) is 17.8. The molecular weight excluding hydrogens is 412 g/mol. The summed E-state index contributed by atoms with van der Waals surface area (Å²) in [5.74, 6) is -1.05. The Bertz CT molecular complexity index is 844. The van der Waals surface area contributed by atoms with Crippen LogP contribution in [0.1, 0.15) is 51.8 Å². The van der Waals surface area contributed by atoms with Crippen LogP contribution in [0.4, 0.5) is 0 Å². The van der Waals surface area contributed by atoms with E-state index in [9.17, 15) is 14.4 Å². The molecule has 0 unspecified atom stereocenters. The molecule has 0 radical (unpaired) electrons. The second-order valence-electron chi connectivity index (χ2n) is 7.24.